The number of methoxy groups -OCH3 is 1. The number of carbonyl (C=O) groups is 2. The standard InChI is InChI=1S/C19H18N2O6/c1-25-17-7-15(19(23)21-12-26-11-14(21)9-22)16(20-24)8-18(17)27-10-13-5-3-2-4-6-13/h2-9,14H,10-12H2,1H3/t14-/m1/s1. The highest BCUT2D eigenvalue weighted by molar-refractivity contribution is 6.01. The van der Waals surface area contributed by atoms with Gasteiger partial charge in [-0.05, 0) is 16.8 Å². The second-order valence-electron chi connectivity index (χ2n) is 5.86. The maximum Gasteiger partial charge on any atom is 0.258 e. The Morgan fingerprint density at radius 1 is 1.30 bits per heavy atom. The van der Waals surface area contributed by atoms with Crippen molar-refractivity contribution in [2.75, 3.05) is 20.4 Å². The highest BCUT2D eigenvalue weighted by Crippen LogP contribution is 2.36. The van der Waals surface area contributed by atoms with Gasteiger partial charge in [0.1, 0.15) is 31.4 Å². The van der Waals surface area contributed by atoms with Crippen LogP contribution in [0.1, 0.15) is 15.9 Å². The molecule has 0 aliphatic carbocycles. The number of nitroso groups, excluding NO2 is 1. The fourth-order valence-corrected chi connectivity index (χ4v) is 2.74. The lowest BCUT2D eigenvalue weighted by Crippen LogP contribution is -2.37. The van der Waals surface area contributed by atoms with Gasteiger partial charge in [-0.25, -0.2) is 0 Å². The van der Waals surface area contributed by atoms with Crippen molar-refractivity contribution in [1.29, 1.82) is 0 Å². The van der Waals surface area contributed by atoms with E-state index in [1.807, 2.05) is 30.3 Å². The second kappa shape index (κ2) is 8.41. The Balaban J connectivity index is 1.88. The maximum absolute atomic E-state index is 12.7. The maximum atomic E-state index is 12.7. The largest absolute Gasteiger partial charge is 0.493 e. The van der Waals surface area contributed by atoms with Crippen molar-refractivity contribution in [3.05, 3.63) is 58.5 Å². The normalized spacial score (nSPS) is 16.0. The minimum atomic E-state index is -0.697. The van der Waals surface area contributed by atoms with Crippen LogP contribution < -0.4 is 9.47 Å². The molecule has 1 fully saturated rings. The van der Waals surface area contributed by atoms with Crippen LogP contribution in [0.3, 0.4) is 0 Å². The number of benzene rings is 2. The van der Waals surface area contributed by atoms with Crippen molar-refractivity contribution in [2.45, 2.75) is 12.6 Å². The van der Waals surface area contributed by atoms with E-state index in [0.29, 0.717) is 6.29 Å². The molecule has 1 aliphatic rings. The minimum absolute atomic E-state index is 0.0197. The Labute approximate surface area is 155 Å². The van der Waals surface area contributed by atoms with Crippen molar-refractivity contribution in [3.8, 4) is 11.5 Å². The average molecular weight is 370 g/mol. The van der Waals surface area contributed by atoms with Crippen LogP contribution in [0.2, 0.25) is 0 Å². The van der Waals surface area contributed by atoms with E-state index in [1.165, 1.54) is 24.1 Å². The highest BCUT2D eigenvalue weighted by Gasteiger charge is 2.32. The molecule has 1 heterocycles. The Hall–Kier alpha value is -3.26. The summed E-state index contributed by atoms with van der Waals surface area (Å²) in [5.74, 6) is 0.0358. The number of hydrogen-bond acceptors (Lipinski definition) is 7. The van der Waals surface area contributed by atoms with Gasteiger partial charge in [0.15, 0.2) is 11.5 Å². The van der Waals surface area contributed by atoms with E-state index >= 15 is 0 Å². The summed E-state index contributed by atoms with van der Waals surface area (Å²) in [6.07, 6.45) is 0.632. The van der Waals surface area contributed by atoms with Gasteiger partial charge in [0.25, 0.3) is 5.91 Å². The molecular formula is C19H18N2O6. The summed E-state index contributed by atoms with van der Waals surface area (Å²) in [5, 5.41) is 2.94. The summed E-state index contributed by atoms with van der Waals surface area (Å²) in [6, 6.07) is 11.5. The first kappa shape index (κ1) is 18.5. The third-order valence-electron chi connectivity index (χ3n) is 4.19. The quantitative estimate of drug-likeness (QED) is 0.549. The molecule has 2 aromatic carbocycles. The molecule has 0 spiro atoms. The van der Waals surface area contributed by atoms with Crippen LogP contribution in [0.25, 0.3) is 0 Å². The average Bonchev–Trinajstić information content (AvgIpc) is 3.20. The van der Waals surface area contributed by atoms with Gasteiger partial charge in [0.2, 0.25) is 0 Å². The molecule has 8 nitrogen and oxygen atoms in total. The van der Waals surface area contributed by atoms with E-state index in [2.05, 4.69) is 5.18 Å². The fraction of sp³-hybridized carbons (Fsp3) is 0.263. The van der Waals surface area contributed by atoms with Gasteiger partial charge in [-0.15, -0.1) is 4.91 Å². The number of ether oxygens (including phenoxy) is 3. The van der Waals surface area contributed by atoms with Crippen LogP contribution >= 0.6 is 0 Å². The number of rotatable bonds is 7. The molecule has 3 rings (SSSR count). The minimum Gasteiger partial charge on any atom is -0.493 e. The van der Waals surface area contributed by atoms with E-state index in [9.17, 15) is 14.5 Å². The van der Waals surface area contributed by atoms with Gasteiger partial charge in [-0.2, -0.15) is 0 Å². The van der Waals surface area contributed by atoms with Crippen molar-refractivity contribution >= 4 is 17.9 Å². The lowest BCUT2D eigenvalue weighted by molar-refractivity contribution is -0.110. The van der Waals surface area contributed by atoms with Crippen LogP contribution in [0.15, 0.2) is 47.6 Å². The molecule has 27 heavy (non-hydrogen) atoms. The number of carbonyl (C=O) groups excluding carboxylic acids is 2. The lowest BCUT2D eigenvalue weighted by atomic mass is 10.1. The molecule has 0 saturated carbocycles. The molecule has 8 heteroatoms. The summed E-state index contributed by atoms with van der Waals surface area (Å²) in [7, 11) is 1.43. The first-order chi connectivity index (χ1) is 13.2. The van der Waals surface area contributed by atoms with Crippen molar-refractivity contribution < 1.29 is 23.8 Å². The third-order valence-corrected chi connectivity index (χ3v) is 4.19. The van der Waals surface area contributed by atoms with E-state index in [0.717, 1.165) is 5.56 Å². The Kier molecular flexibility index (Phi) is 5.77. The first-order valence-electron chi connectivity index (χ1n) is 8.24. The molecule has 140 valence electrons. The van der Waals surface area contributed by atoms with Crippen LogP contribution in [-0.2, 0) is 16.1 Å². The summed E-state index contributed by atoms with van der Waals surface area (Å²) in [5.41, 5.74) is 0.857. The molecule has 0 unspecified atom stereocenters. The molecule has 1 aliphatic heterocycles. The summed E-state index contributed by atoms with van der Waals surface area (Å²) in [4.78, 5) is 36.4. The van der Waals surface area contributed by atoms with Gasteiger partial charge in [0, 0.05) is 6.07 Å². The molecular weight excluding hydrogens is 352 g/mol. The molecule has 0 N–H and O–H groups in total. The first-order valence-corrected chi connectivity index (χ1v) is 8.24. The smallest absolute Gasteiger partial charge is 0.258 e. The molecule has 1 amide bonds. The Bertz CT molecular complexity index is 840. The van der Waals surface area contributed by atoms with Gasteiger partial charge in [0.05, 0.1) is 19.3 Å². The summed E-state index contributed by atoms with van der Waals surface area (Å²) >= 11 is 0. The monoisotopic (exact) mass is 370 g/mol. The second-order valence-corrected chi connectivity index (χ2v) is 5.86. The number of nitrogens with zero attached hydrogens (tertiary/aromatic N) is 2. The van der Waals surface area contributed by atoms with E-state index in [4.69, 9.17) is 14.2 Å². The Morgan fingerprint density at radius 3 is 2.74 bits per heavy atom. The highest BCUT2D eigenvalue weighted by atomic mass is 16.5. The SMILES string of the molecule is COc1cc(C(=O)N2COC[C@H]2C=O)c(N=O)cc1OCc1ccccc1. The van der Waals surface area contributed by atoms with Crippen LogP contribution in [0.5, 0.6) is 11.5 Å². The van der Waals surface area contributed by atoms with Crippen LogP contribution in [-0.4, -0.2) is 43.6 Å². The number of hydrogen-bond donors (Lipinski definition) is 0. The molecule has 1 atom stereocenters. The van der Waals surface area contributed by atoms with Crippen LogP contribution in [0, 0.1) is 4.91 Å². The molecule has 0 aromatic heterocycles. The topological polar surface area (TPSA) is 94.5 Å². The summed E-state index contributed by atoms with van der Waals surface area (Å²) in [6.45, 7) is 0.347. The van der Waals surface area contributed by atoms with Crippen LogP contribution in [0.4, 0.5) is 5.69 Å². The zero-order chi connectivity index (χ0) is 19.2. The van der Waals surface area contributed by atoms with E-state index in [1.54, 1.807) is 0 Å². The number of aldehydes is 1. The van der Waals surface area contributed by atoms with Crippen molar-refractivity contribution in [2.24, 2.45) is 5.18 Å². The molecule has 2 aromatic rings. The van der Waals surface area contributed by atoms with Gasteiger partial charge < -0.3 is 23.9 Å². The predicted octanol–water partition coefficient (Wildman–Crippen LogP) is 2.67. The lowest BCUT2D eigenvalue weighted by Gasteiger charge is -2.20. The fourth-order valence-electron chi connectivity index (χ4n) is 2.74. The summed E-state index contributed by atoms with van der Waals surface area (Å²) < 4.78 is 16.2. The van der Waals surface area contributed by atoms with E-state index in [-0.39, 0.29) is 42.7 Å². The van der Waals surface area contributed by atoms with Crippen molar-refractivity contribution in [1.82, 2.24) is 4.90 Å². The van der Waals surface area contributed by atoms with Crippen molar-refractivity contribution in [3.63, 3.8) is 0 Å². The molecule has 1 saturated heterocycles. The predicted molar refractivity (Wildman–Crippen MR) is 96.1 cm³/mol. The zero-order valence-electron chi connectivity index (χ0n) is 14.7. The van der Waals surface area contributed by atoms with Gasteiger partial charge >= 0.3 is 0 Å². The van der Waals surface area contributed by atoms with Gasteiger partial charge in [-0.1, -0.05) is 30.3 Å². The van der Waals surface area contributed by atoms with Gasteiger partial charge in [-0.3, -0.25) is 4.79 Å². The number of amides is 1. The van der Waals surface area contributed by atoms with E-state index < -0.39 is 11.9 Å². The molecule has 0 bridgehead atoms. The third kappa shape index (κ3) is 3.95. The zero-order valence-corrected chi connectivity index (χ0v) is 14.7. The Morgan fingerprint density at radius 2 is 2.07 bits per heavy atom. The molecule has 0 radical (unpaired) electrons.